The standard InChI is InChI=1S/C22H21NO7.C12H26O4S/c1-7-4-5-10-8(2)11-6-12-16(23)19(27)13(9(3)24)20(28)22(12,30)21(29)15(11)18(26)14(10)17(7)25;1-2-3-4-5-6-7-8-9-10-11-12-16-17(13,14)15/h4-5,12,16,25-26,28,30H,6,23H2,1-3H3;2-12H2,1H3,(H,13,14,15)/t12-,16+,22+;/m0./s1. The molecule has 3 atom stereocenters. The number of carbonyl (C=O) groups excluding carboxylic acids is 3. The Balaban J connectivity index is 0.000000303. The minimum Gasteiger partial charge on any atom is -0.508 e. The van der Waals surface area contributed by atoms with Gasteiger partial charge in [0.25, 0.3) is 0 Å². The van der Waals surface area contributed by atoms with E-state index in [0.29, 0.717) is 28.5 Å². The van der Waals surface area contributed by atoms with Crippen molar-refractivity contribution in [3.8, 4) is 11.5 Å². The van der Waals surface area contributed by atoms with Crippen molar-refractivity contribution in [2.24, 2.45) is 11.7 Å². The number of carbonyl (C=O) groups is 3. The fourth-order valence-electron chi connectivity index (χ4n) is 6.51. The van der Waals surface area contributed by atoms with Crippen LogP contribution in [0.3, 0.4) is 0 Å². The van der Waals surface area contributed by atoms with Crippen LogP contribution in [0.4, 0.5) is 0 Å². The average Bonchev–Trinajstić information content (AvgIpc) is 2.99. The first kappa shape index (κ1) is 38.1. The van der Waals surface area contributed by atoms with Gasteiger partial charge in [-0.15, -0.1) is 0 Å². The van der Waals surface area contributed by atoms with Crippen LogP contribution in [0.15, 0.2) is 23.5 Å². The number of aliphatic hydroxyl groups excluding tert-OH is 1. The highest BCUT2D eigenvalue weighted by Crippen LogP contribution is 2.50. The third-order valence-corrected chi connectivity index (χ3v) is 9.67. The van der Waals surface area contributed by atoms with Gasteiger partial charge in [-0.05, 0) is 55.7 Å². The highest BCUT2D eigenvalue weighted by molar-refractivity contribution is 7.80. The second kappa shape index (κ2) is 15.7. The van der Waals surface area contributed by atoms with Gasteiger partial charge >= 0.3 is 10.4 Å². The van der Waals surface area contributed by atoms with Gasteiger partial charge in [0.2, 0.25) is 5.78 Å². The molecule has 0 aliphatic heterocycles. The summed E-state index contributed by atoms with van der Waals surface area (Å²) in [5.74, 6) is -5.76. The topological polar surface area (TPSA) is 222 Å². The predicted molar refractivity (Wildman–Crippen MR) is 176 cm³/mol. The number of hydrogen-bond acceptors (Lipinski definition) is 11. The van der Waals surface area contributed by atoms with Crippen molar-refractivity contribution in [3.05, 3.63) is 45.7 Å². The maximum absolute atomic E-state index is 13.5. The van der Waals surface area contributed by atoms with Crippen molar-refractivity contribution < 1.29 is 52.0 Å². The highest BCUT2D eigenvalue weighted by Gasteiger charge is 2.61. The molecule has 4 rings (SSSR count). The number of aliphatic hydroxyl groups is 2. The van der Waals surface area contributed by atoms with E-state index in [1.807, 2.05) is 0 Å². The molecule has 0 amide bonds. The molecule has 260 valence electrons. The minimum absolute atomic E-state index is 0.0492. The Hall–Kier alpha value is -3.36. The number of rotatable bonds is 13. The summed E-state index contributed by atoms with van der Waals surface area (Å²) in [5.41, 5.74) is 3.80. The quantitative estimate of drug-likeness (QED) is 0.0937. The second-order valence-corrected chi connectivity index (χ2v) is 13.6. The van der Waals surface area contributed by atoms with Crippen molar-refractivity contribution in [1.29, 1.82) is 0 Å². The van der Waals surface area contributed by atoms with Gasteiger partial charge in [-0.2, -0.15) is 8.42 Å². The number of aromatic hydroxyl groups is 2. The third kappa shape index (κ3) is 8.03. The van der Waals surface area contributed by atoms with Gasteiger partial charge in [0.1, 0.15) is 22.8 Å². The number of benzene rings is 2. The Morgan fingerprint density at radius 3 is 2.04 bits per heavy atom. The highest BCUT2D eigenvalue weighted by atomic mass is 32.3. The Bertz CT molecular complexity index is 1660. The van der Waals surface area contributed by atoms with Crippen LogP contribution in [0.25, 0.3) is 10.8 Å². The number of aryl methyl sites for hydroxylation is 2. The van der Waals surface area contributed by atoms with Crippen molar-refractivity contribution in [3.63, 3.8) is 0 Å². The van der Waals surface area contributed by atoms with E-state index in [2.05, 4.69) is 11.1 Å². The molecule has 0 radical (unpaired) electrons. The fraction of sp³-hybridized carbons (Fsp3) is 0.559. The molecule has 0 saturated heterocycles. The molecular weight excluding hydrogens is 630 g/mol. The number of phenolic OH excluding ortho intramolecular Hbond substituents is 2. The van der Waals surface area contributed by atoms with Gasteiger partial charge in [-0.3, -0.25) is 18.9 Å². The van der Waals surface area contributed by atoms with E-state index in [1.54, 1.807) is 26.0 Å². The monoisotopic (exact) mass is 677 g/mol. The van der Waals surface area contributed by atoms with Crippen LogP contribution < -0.4 is 5.73 Å². The van der Waals surface area contributed by atoms with Gasteiger partial charge in [0, 0.05) is 5.92 Å². The zero-order valence-electron chi connectivity index (χ0n) is 27.5. The largest absolute Gasteiger partial charge is 0.508 e. The van der Waals surface area contributed by atoms with Crippen molar-refractivity contribution in [1.82, 2.24) is 0 Å². The van der Waals surface area contributed by atoms with Crippen molar-refractivity contribution in [2.75, 3.05) is 6.61 Å². The summed E-state index contributed by atoms with van der Waals surface area (Å²) < 4.78 is 33.0. The number of unbranched alkanes of at least 4 members (excludes halogenated alkanes) is 9. The minimum atomic E-state index is -4.23. The molecule has 0 unspecified atom stereocenters. The van der Waals surface area contributed by atoms with E-state index in [-0.39, 0.29) is 29.7 Å². The summed E-state index contributed by atoms with van der Waals surface area (Å²) in [6, 6.07) is 1.97. The van der Waals surface area contributed by atoms with Gasteiger partial charge in [-0.1, -0.05) is 76.8 Å². The van der Waals surface area contributed by atoms with Crippen LogP contribution in [0.1, 0.15) is 105 Å². The molecule has 7 N–H and O–H groups in total. The molecule has 2 aromatic rings. The number of nitrogens with two attached hydrogens (primary N) is 1. The van der Waals surface area contributed by atoms with Crippen LogP contribution in [0, 0.1) is 19.8 Å². The first-order valence-electron chi connectivity index (χ1n) is 16.1. The lowest BCUT2D eigenvalue weighted by Crippen LogP contribution is -2.63. The molecule has 0 fully saturated rings. The lowest BCUT2D eigenvalue weighted by Gasteiger charge is -2.45. The smallest absolute Gasteiger partial charge is 0.397 e. The summed E-state index contributed by atoms with van der Waals surface area (Å²) in [7, 11) is -4.23. The van der Waals surface area contributed by atoms with Gasteiger partial charge in [-0.25, -0.2) is 4.18 Å². The van der Waals surface area contributed by atoms with E-state index in [1.165, 1.54) is 44.9 Å². The summed E-state index contributed by atoms with van der Waals surface area (Å²) in [6.45, 7) is 6.66. The Morgan fingerprint density at radius 1 is 0.957 bits per heavy atom. The normalized spacial score (nSPS) is 20.9. The van der Waals surface area contributed by atoms with Gasteiger partial charge in [0.05, 0.1) is 23.6 Å². The summed E-state index contributed by atoms with van der Waals surface area (Å²) >= 11 is 0. The Morgan fingerprint density at radius 2 is 1.51 bits per heavy atom. The van der Waals surface area contributed by atoms with Crippen LogP contribution in [0.2, 0.25) is 0 Å². The maximum atomic E-state index is 13.5. The van der Waals surface area contributed by atoms with E-state index in [9.17, 15) is 43.2 Å². The first-order chi connectivity index (χ1) is 22.0. The molecule has 0 aromatic heterocycles. The number of fused-ring (bicyclic) bond motifs is 3. The molecule has 0 bridgehead atoms. The van der Waals surface area contributed by atoms with Crippen molar-refractivity contribution in [2.45, 2.75) is 110 Å². The molecular formula is C34H47NO11S. The maximum Gasteiger partial charge on any atom is 0.397 e. The molecule has 47 heavy (non-hydrogen) atoms. The predicted octanol–water partition coefficient (Wildman–Crippen LogP) is 4.99. The summed E-state index contributed by atoms with van der Waals surface area (Å²) in [4.78, 5) is 37.9. The molecule has 2 aliphatic carbocycles. The van der Waals surface area contributed by atoms with E-state index >= 15 is 0 Å². The Kier molecular flexibility index (Phi) is 12.7. The molecule has 0 heterocycles. The number of ketones is 3. The van der Waals surface area contributed by atoms with Crippen LogP contribution >= 0.6 is 0 Å². The SMILES string of the molecule is CC(=O)C1=C(O)[C@@]2(O)C(=O)c3c(c(C)c4ccc(C)c(O)c4c3O)C[C@H]2[C@@H](N)C1=O.CCCCCCCCCCCCOS(=O)(=O)O. The van der Waals surface area contributed by atoms with E-state index in [0.717, 1.165) is 19.8 Å². The second-order valence-electron chi connectivity index (χ2n) is 12.5. The van der Waals surface area contributed by atoms with E-state index < -0.39 is 62.4 Å². The molecule has 13 heteroatoms. The van der Waals surface area contributed by atoms with E-state index in [4.69, 9.17) is 10.3 Å². The van der Waals surface area contributed by atoms with Crippen molar-refractivity contribution >= 4 is 38.5 Å². The fourth-order valence-corrected chi connectivity index (χ4v) is 6.84. The zero-order valence-corrected chi connectivity index (χ0v) is 28.3. The molecule has 2 aliphatic rings. The van der Waals surface area contributed by atoms with Gasteiger partial charge in [0.15, 0.2) is 17.2 Å². The van der Waals surface area contributed by atoms with Gasteiger partial charge < -0.3 is 26.2 Å². The van der Waals surface area contributed by atoms with Crippen LogP contribution in [-0.2, 0) is 30.6 Å². The van der Waals surface area contributed by atoms with Crippen LogP contribution in [-0.4, -0.2) is 69.0 Å². The molecule has 12 nitrogen and oxygen atoms in total. The zero-order chi connectivity index (χ0) is 35.3. The lowest BCUT2D eigenvalue weighted by atomic mass is 9.61. The lowest BCUT2D eigenvalue weighted by molar-refractivity contribution is -0.127. The first-order valence-corrected chi connectivity index (χ1v) is 17.5. The third-order valence-electron chi connectivity index (χ3n) is 9.21. The Labute approximate surface area is 275 Å². The number of Topliss-reactive ketones (excluding diaryl/α,β-unsaturated/α-hetero) is 3. The number of hydrogen-bond donors (Lipinski definition) is 6. The van der Waals surface area contributed by atoms with Crippen LogP contribution in [0.5, 0.6) is 11.5 Å². The average molecular weight is 678 g/mol. The molecule has 0 saturated carbocycles. The number of phenols is 2. The summed E-state index contributed by atoms with van der Waals surface area (Å²) in [5, 5.41) is 43.9. The molecule has 0 spiro atoms. The summed E-state index contributed by atoms with van der Waals surface area (Å²) in [6.07, 6.45) is 11.8. The molecule has 2 aromatic carbocycles.